The topological polar surface area (TPSA) is 30.5 Å². The summed E-state index contributed by atoms with van der Waals surface area (Å²) < 4.78 is 10.9. The second-order valence-corrected chi connectivity index (χ2v) is 4.69. The van der Waals surface area contributed by atoms with Gasteiger partial charge in [0, 0.05) is 31.5 Å². The van der Waals surface area contributed by atoms with Gasteiger partial charge in [-0.3, -0.25) is 0 Å². The average Bonchev–Trinajstić information content (AvgIpc) is 2.36. The minimum atomic E-state index is 0.256. The van der Waals surface area contributed by atoms with Crippen molar-refractivity contribution in [2.75, 3.05) is 19.0 Å². The largest absolute Gasteiger partial charge is 0.491 e. The van der Waals surface area contributed by atoms with Crippen molar-refractivity contribution in [2.24, 2.45) is 0 Å². The molecular weight excluding hydrogens is 226 g/mol. The second-order valence-electron chi connectivity index (χ2n) is 4.69. The maximum absolute atomic E-state index is 5.80. The number of hydrogen-bond acceptors (Lipinski definition) is 3. The summed E-state index contributed by atoms with van der Waals surface area (Å²) in [6.45, 7) is 7.14. The quantitative estimate of drug-likeness (QED) is 0.764. The monoisotopic (exact) mass is 251 g/mol. The van der Waals surface area contributed by atoms with Crippen LogP contribution in [0.4, 0.5) is 5.69 Å². The number of methoxy groups -OCH3 is 1. The van der Waals surface area contributed by atoms with Gasteiger partial charge in [-0.1, -0.05) is 13.0 Å². The molecule has 0 saturated carbocycles. The molecule has 0 aliphatic carbocycles. The first-order valence-corrected chi connectivity index (χ1v) is 6.68. The van der Waals surface area contributed by atoms with Gasteiger partial charge in [0.1, 0.15) is 5.75 Å². The molecule has 1 N–H and O–H groups in total. The van der Waals surface area contributed by atoms with Crippen molar-refractivity contribution < 1.29 is 9.47 Å². The van der Waals surface area contributed by atoms with Gasteiger partial charge in [-0.05, 0) is 38.8 Å². The van der Waals surface area contributed by atoms with Crippen LogP contribution in [0.25, 0.3) is 0 Å². The highest BCUT2D eigenvalue weighted by Crippen LogP contribution is 2.20. The van der Waals surface area contributed by atoms with Crippen molar-refractivity contribution in [1.82, 2.24) is 0 Å². The molecule has 0 bridgehead atoms. The molecule has 0 spiro atoms. The Hall–Kier alpha value is -1.22. The van der Waals surface area contributed by atoms with Crippen LogP contribution in [0.1, 0.15) is 33.6 Å². The van der Waals surface area contributed by atoms with Crippen molar-refractivity contribution >= 4 is 5.69 Å². The Bertz CT molecular complexity index is 341. The molecule has 2 unspecified atom stereocenters. The van der Waals surface area contributed by atoms with Gasteiger partial charge in [0.25, 0.3) is 0 Å². The van der Waals surface area contributed by atoms with E-state index in [1.54, 1.807) is 7.11 Å². The summed E-state index contributed by atoms with van der Waals surface area (Å²) in [6, 6.07) is 8.52. The van der Waals surface area contributed by atoms with Crippen LogP contribution in [0.3, 0.4) is 0 Å². The van der Waals surface area contributed by atoms with Crippen LogP contribution in [0.2, 0.25) is 0 Å². The Morgan fingerprint density at radius 1 is 1.28 bits per heavy atom. The zero-order valence-electron chi connectivity index (χ0n) is 11.9. The minimum Gasteiger partial charge on any atom is -0.491 e. The predicted molar refractivity (Wildman–Crippen MR) is 76.4 cm³/mol. The Balaban J connectivity index is 2.53. The Kier molecular flexibility index (Phi) is 6.58. The Labute approximate surface area is 110 Å². The molecule has 0 saturated heterocycles. The van der Waals surface area contributed by atoms with E-state index in [1.165, 1.54) is 0 Å². The van der Waals surface area contributed by atoms with E-state index in [0.717, 1.165) is 30.9 Å². The number of hydrogen-bond donors (Lipinski definition) is 1. The van der Waals surface area contributed by atoms with Crippen LogP contribution < -0.4 is 10.1 Å². The summed E-state index contributed by atoms with van der Waals surface area (Å²) in [6.07, 6.45) is 2.26. The molecule has 0 aromatic heterocycles. The smallest absolute Gasteiger partial charge is 0.121 e. The SMILES string of the molecule is CCC(C)Oc1cccc(NC(C)CCOC)c1. The molecule has 2 atom stereocenters. The summed E-state index contributed by atoms with van der Waals surface area (Å²) in [4.78, 5) is 0. The first kappa shape index (κ1) is 14.8. The van der Waals surface area contributed by atoms with Crippen molar-refractivity contribution in [3.63, 3.8) is 0 Å². The molecule has 0 aliphatic heterocycles. The van der Waals surface area contributed by atoms with Crippen LogP contribution in [-0.4, -0.2) is 25.9 Å². The lowest BCUT2D eigenvalue weighted by Gasteiger charge is -2.17. The number of ether oxygens (including phenoxy) is 2. The molecule has 1 aromatic carbocycles. The molecule has 0 radical (unpaired) electrons. The van der Waals surface area contributed by atoms with Gasteiger partial charge in [-0.15, -0.1) is 0 Å². The first-order valence-electron chi connectivity index (χ1n) is 6.68. The fourth-order valence-electron chi connectivity index (χ4n) is 1.63. The molecule has 3 heteroatoms. The lowest BCUT2D eigenvalue weighted by Crippen LogP contribution is -2.17. The van der Waals surface area contributed by atoms with E-state index in [-0.39, 0.29) is 6.10 Å². The molecule has 0 fully saturated rings. The van der Waals surface area contributed by atoms with Crippen molar-refractivity contribution in [3.05, 3.63) is 24.3 Å². The molecule has 0 heterocycles. The third kappa shape index (κ3) is 5.41. The van der Waals surface area contributed by atoms with Crippen LogP contribution >= 0.6 is 0 Å². The third-order valence-corrected chi connectivity index (χ3v) is 2.91. The molecule has 3 nitrogen and oxygen atoms in total. The molecule has 102 valence electrons. The number of anilines is 1. The standard InChI is InChI=1S/C15H25NO2/c1-5-13(3)18-15-8-6-7-14(11-15)16-12(2)9-10-17-4/h6-8,11-13,16H,5,9-10H2,1-4H3. The number of nitrogens with one attached hydrogen (secondary N) is 1. The van der Waals surface area contributed by atoms with E-state index in [4.69, 9.17) is 9.47 Å². The number of benzene rings is 1. The van der Waals surface area contributed by atoms with Crippen LogP contribution in [0.15, 0.2) is 24.3 Å². The average molecular weight is 251 g/mol. The fourth-order valence-corrected chi connectivity index (χ4v) is 1.63. The van der Waals surface area contributed by atoms with Gasteiger partial charge in [0.2, 0.25) is 0 Å². The normalized spacial score (nSPS) is 14.0. The van der Waals surface area contributed by atoms with E-state index < -0.39 is 0 Å². The summed E-state index contributed by atoms with van der Waals surface area (Å²) in [7, 11) is 1.73. The predicted octanol–water partition coefficient (Wildman–Crippen LogP) is 3.70. The van der Waals surface area contributed by atoms with Crippen molar-refractivity contribution in [2.45, 2.75) is 45.8 Å². The highest BCUT2D eigenvalue weighted by molar-refractivity contribution is 5.48. The van der Waals surface area contributed by atoms with Gasteiger partial charge in [-0.2, -0.15) is 0 Å². The Morgan fingerprint density at radius 3 is 2.72 bits per heavy atom. The molecule has 1 aromatic rings. The first-order chi connectivity index (χ1) is 8.65. The Morgan fingerprint density at radius 2 is 2.06 bits per heavy atom. The zero-order valence-corrected chi connectivity index (χ0v) is 11.9. The molecule has 0 aliphatic rings. The van der Waals surface area contributed by atoms with E-state index in [1.807, 2.05) is 12.1 Å². The van der Waals surface area contributed by atoms with Crippen molar-refractivity contribution in [1.29, 1.82) is 0 Å². The fraction of sp³-hybridized carbons (Fsp3) is 0.600. The van der Waals surface area contributed by atoms with E-state index in [2.05, 4.69) is 38.2 Å². The highest BCUT2D eigenvalue weighted by Gasteiger charge is 2.04. The molecule has 18 heavy (non-hydrogen) atoms. The van der Waals surface area contributed by atoms with Crippen LogP contribution in [0.5, 0.6) is 5.75 Å². The second kappa shape index (κ2) is 7.98. The highest BCUT2D eigenvalue weighted by atomic mass is 16.5. The van der Waals surface area contributed by atoms with Gasteiger partial charge in [0.05, 0.1) is 6.10 Å². The van der Waals surface area contributed by atoms with Gasteiger partial charge in [0.15, 0.2) is 0 Å². The summed E-state index contributed by atoms with van der Waals surface area (Å²) in [5, 5.41) is 3.45. The summed E-state index contributed by atoms with van der Waals surface area (Å²) in [5.41, 5.74) is 1.10. The van der Waals surface area contributed by atoms with Gasteiger partial charge >= 0.3 is 0 Å². The van der Waals surface area contributed by atoms with Crippen LogP contribution in [-0.2, 0) is 4.74 Å². The lowest BCUT2D eigenvalue weighted by molar-refractivity contribution is 0.191. The minimum absolute atomic E-state index is 0.256. The molecule has 0 amide bonds. The van der Waals surface area contributed by atoms with Gasteiger partial charge < -0.3 is 14.8 Å². The van der Waals surface area contributed by atoms with E-state index >= 15 is 0 Å². The molecule has 1 rings (SSSR count). The van der Waals surface area contributed by atoms with Crippen LogP contribution in [0, 0.1) is 0 Å². The number of rotatable bonds is 8. The zero-order chi connectivity index (χ0) is 13.4. The van der Waals surface area contributed by atoms with E-state index in [9.17, 15) is 0 Å². The van der Waals surface area contributed by atoms with E-state index in [0.29, 0.717) is 6.04 Å². The van der Waals surface area contributed by atoms with Gasteiger partial charge in [-0.25, -0.2) is 0 Å². The lowest BCUT2D eigenvalue weighted by atomic mass is 10.2. The summed E-state index contributed by atoms with van der Waals surface area (Å²) in [5.74, 6) is 0.924. The third-order valence-electron chi connectivity index (χ3n) is 2.91. The summed E-state index contributed by atoms with van der Waals surface area (Å²) >= 11 is 0. The van der Waals surface area contributed by atoms with Crippen molar-refractivity contribution in [3.8, 4) is 5.75 Å². The maximum Gasteiger partial charge on any atom is 0.121 e. The molecular formula is C15H25NO2. The maximum atomic E-state index is 5.80.